The molecule has 0 saturated heterocycles. The lowest BCUT2D eigenvalue weighted by molar-refractivity contribution is -0.120. The van der Waals surface area contributed by atoms with E-state index < -0.39 is 12.0 Å². The number of ether oxygens (including phenoxy) is 2. The molecule has 0 saturated carbocycles. The first kappa shape index (κ1) is 21.1. The Kier molecular flexibility index (Phi) is 6.43. The summed E-state index contributed by atoms with van der Waals surface area (Å²) < 4.78 is 35.1. The maximum Gasteiger partial charge on any atom is 0.387 e. The Morgan fingerprint density at radius 2 is 2.00 bits per heavy atom. The number of aromatic amines is 1. The van der Waals surface area contributed by atoms with Gasteiger partial charge in [-0.05, 0) is 23.8 Å². The number of aromatic nitrogens is 1. The highest BCUT2D eigenvalue weighted by molar-refractivity contribution is 7.07. The van der Waals surface area contributed by atoms with Crippen molar-refractivity contribution >= 4 is 40.9 Å². The molecule has 0 unspecified atom stereocenters. The molecule has 27 heavy (non-hydrogen) atoms. The van der Waals surface area contributed by atoms with E-state index in [9.17, 15) is 18.4 Å². The molecule has 2 rings (SSSR count). The van der Waals surface area contributed by atoms with E-state index in [2.05, 4.69) is 9.72 Å². The maximum atomic E-state index is 12.5. The number of nitrogens with one attached hydrogen (secondary N) is 1. The van der Waals surface area contributed by atoms with E-state index in [0.29, 0.717) is 14.8 Å². The monoisotopic (exact) mass is 417 g/mol. The first-order chi connectivity index (χ1) is 12.5. The van der Waals surface area contributed by atoms with Gasteiger partial charge in [-0.15, -0.1) is 11.3 Å². The summed E-state index contributed by atoms with van der Waals surface area (Å²) in [6.07, 6.45) is 2.90. The number of hydrogen-bond donors (Lipinski definition) is 1. The Morgan fingerprint density at radius 3 is 2.56 bits per heavy atom. The Bertz CT molecular complexity index is 1020. The second-order valence-corrected chi connectivity index (χ2v) is 8.09. The summed E-state index contributed by atoms with van der Waals surface area (Å²) in [5, 5.41) is -0.0800. The molecule has 0 aliphatic rings. The zero-order valence-corrected chi connectivity index (χ0v) is 16.6. The highest BCUT2D eigenvalue weighted by atomic mass is 35.5. The van der Waals surface area contributed by atoms with Gasteiger partial charge in [0.05, 0.1) is 21.3 Å². The molecule has 0 radical (unpaired) electrons. The maximum absolute atomic E-state index is 12.5. The van der Waals surface area contributed by atoms with Gasteiger partial charge in [-0.3, -0.25) is 9.59 Å². The molecule has 1 aromatic carbocycles. The van der Waals surface area contributed by atoms with Crippen LogP contribution >= 0.6 is 22.9 Å². The zero-order valence-electron chi connectivity index (χ0n) is 15.1. The van der Waals surface area contributed by atoms with Crippen LogP contribution in [0.15, 0.2) is 16.9 Å². The SMILES string of the molecule is COc1cc(/C=c2\s/c(=C\C(=O)C(C)(C)C)[nH]c2=O)cc(Cl)c1OC(F)F. The molecule has 0 fully saturated rings. The third-order valence-corrected chi connectivity index (χ3v) is 4.68. The van der Waals surface area contributed by atoms with Crippen LogP contribution in [0.2, 0.25) is 5.02 Å². The van der Waals surface area contributed by atoms with Crippen LogP contribution in [-0.4, -0.2) is 24.5 Å². The molecule has 0 atom stereocenters. The lowest BCUT2D eigenvalue weighted by atomic mass is 9.91. The molecule has 0 spiro atoms. The van der Waals surface area contributed by atoms with Gasteiger partial charge >= 0.3 is 6.61 Å². The predicted octanol–water partition coefficient (Wildman–Crippen LogP) is 2.92. The highest BCUT2D eigenvalue weighted by Crippen LogP contribution is 2.37. The number of H-pyrrole nitrogens is 1. The summed E-state index contributed by atoms with van der Waals surface area (Å²) in [7, 11) is 1.29. The number of halogens is 3. The van der Waals surface area contributed by atoms with Gasteiger partial charge in [0.15, 0.2) is 17.3 Å². The summed E-state index contributed by atoms with van der Waals surface area (Å²) in [4.78, 5) is 26.8. The zero-order chi connectivity index (χ0) is 20.4. The van der Waals surface area contributed by atoms with Crippen molar-refractivity contribution < 1.29 is 23.0 Å². The number of hydrogen-bond acceptors (Lipinski definition) is 5. The van der Waals surface area contributed by atoms with Crippen LogP contribution in [0.25, 0.3) is 12.2 Å². The molecule has 5 nitrogen and oxygen atoms in total. The van der Waals surface area contributed by atoms with Crippen LogP contribution in [0.5, 0.6) is 11.5 Å². The van der Waals surface area contributed by atoms with Crippen LogP contribution < -0.4 is 24.2 Å². The van der Waals surface area contributed by atoms with Crippen molar-refractivity contribution in [3.05, 3.63) is 42.3 Å². The number of alkyl halides is 2. The van der Waals surface area contributed by atoms with E-state index in [-0.39, 0.29) is 27.9 Å². The lowest BCUT2D eigenvalue weighted by Gasteiger charge is -2.12. The van der Waals surface area contributed by atoms with Gasteiger partial charge in [0, 0.05) is 11.5 Å². The van der Waals surface area contributed by atoms with Crippen LogP contribution in [0.4, 0.5) is 8.78 Å². The van der Waals surface area contributed by atoms with E-state index in [1.165, 1.54) is 31.4 Å². The van der Waals surface area contributed by atoms with Crippen molar-refractivity contribution in [2.75, 3.05) is 7.11 Å². The number of thiazole rings is 1. The fourth-order valence-corrected chi connectivity index (χ4v) is 3.19. The highest BCUT2D eigenvalue weighted by Gasteiger charge is 2.19. The second kappa shape index (κ2) is 8.22. The molecular formula is C18H18ClF2NO4S. The van der Waals surface area contributed by atoms with Crippen LogP contribution in [0.3, 0.4) is 0 Å². The van der Waals surface area contributed by atoms with Crippen molar-refractivity contribution in [3.8, 4) is 11.5 Å². The average Bonchev–Trinajstić information content (AvgIpc) is 2.87. The first-order valence-corrected chi connectivity index (χ1v) is 9.00. The Balaban J connectivity index is 2.51. The van der Waals surface area contributed by atoms with Gasteiger partial charge in [0.1, 0.15) is 0 Å². The number of methoxy groups -OCH3 is 1. The minimum atomic E-state index is -3.05. The summed E-state index contributed by atoms with van der Waals surface area (Å²) in [6, 6.07) is 2.80. The standard InChI is InChI=1S/C18H18ClF2NO4S/c1-18(2,3)13(23)8-14-22-16(24)12(27-14)7-9-5-10(19)15(26-17(20)21)11(6-9)25-4/h5-8,17H,1-4H3,(H,22,24)/b12-7-,14-8-. The number of carbonyl (C=O) groups is 1. The fraction of sp³-hybridized carbons (Fsp3) is 0.333. The van der Waals surface area contributed by atoms with Crippen molar-refractivity contribution in [1.82, 2.24) is 4.98 Å². The van der Waals surface area contributed by atoms with E-state index in [0.717, 1.165) is 11.3 Å². The van der Waals surface area contributed by atoms with Crippen molar-refractivity contribution in [2.45, 2.75) is 27.4 Å². The van der Waals surface area contributed by atoms with E-state index in [1.807, 2.05) is 0 Å². The Morgan fingerprint density at radius 1 is 1.33 bits per heavy atom. The molecule has 0 bridgehead atoms. The molecule has 0 aliphatic carbocycles. The largest absolute Gasteiger partial charge is 0.493 e. The minimum absolute atomic E-state index is 0.0109. The Labute approximate surface area is 162 Å². The van der Waals surface area contributed by atoms with Crippen molar-refractivity contribution in [1.29, 1.82) is 0 Å². The van der Waals surface area contributed by atoms with Gasteiger partial charge in [-0.25, -0.2) is 0 Å². The quantitative estimate of drug-likeness (QED) is 0.812. The average molecular weight is 418 g/mol. The first-order valence-electron chi connectivity index (χ1n) is 7.80. The summed E-state index contributed by atoms with van der Waals surface area (Å²) in [6.45, 7) is 2.29. The molecule has 0 amide bonds. The number of rotatable bonds is 5. The van der Waals surface area contributed by atoms with Crippen LogP contribution in [0.1, 0.15) is 26.3 Å². The molecule has 0 aliphatic heterocycles. The van der Waals surface area contributed by atoms with Crippen LogP contribution in [0, 0.1) is 5.41 Å². The second-order valence-electron chi connectivity index (χ2n) is 6.60. The summed E-state index contributed by atoms with van der Waals surface area (Å²) in [5.41, 5.74) is -0.484. The summed E-state index contributed by atoms with van der Waals surface area (Å²) >= 11 is 7.09. The minimum Gasteiger partial charge on any atom is -0.493 e. The number of carbonyl (C=O) groups excluding carboxylic acids is 1. The lowest BCUT2D eigenvalue weighted by Crippen LogP contribution is -2.22. The topological polar surface area (TPSA) is 68.4 Å². The fourth-order valence-electron chi connectivity index (χ4n) is 2.04. The van der Waals surface area contributed by atoms with Gasteiger partial charge < -0.3 is 14.5 Å². The molecule has 1 aromatic heterocycles. The summed E-state index contributed by atoms with van der Waals surface area (Å²) in [5.74, 6) is -0.391. The van der Waals surface area contributed by atoms with Gasteiger partial charge in [-0.2, -0.15) is 8.78 Å². The molecule has 1 heterocycles. The number of ketones is 1. The smallest absolute Gasteiger partial charge is 0.387 e. The predicted molar refractivity (Wildman–Crippen MR) is 101 cm³/mol. The third-order valence-electron chi connectivity index (χ3n) is 3.44. The van der Waals surface area contributed by atoms with Crippen molar-refractivity contribution in [3.63, 3.8) is 0 Å². The van der Waals surface area contributed by atoms with E-state index in [1.54, 1.807) is 20.8 Å². The molecule has 146 valence electrons. The number of Topliss-reactive ketones (excluding diaryl/α,β-unsaturated/α-hetero) is 1. The molecule has 2 aromatic rings. The molecular weight excluding hydrogens is 400 g/mol. The van der Waals surface area contributed by atoms with Gasteiger partial charge in [-0.1, -0.05) is 32.4 Å². The van der Waals surface area contributed by atoms with Gasteiger partial charge in [0.25, 0.3) is 5.56 Å². The molecule has 9 heteroatoms. The van der Waals surface area contributed by atoms with E-state index >= 15 is 0 Å². The van der Waals surface area contributed by atoms with E-state index in [4.69, 9.17) is 16.3 Å². The molecule has 1 N–H and O–H groups in total. The Hall–Kier alpha value is -2.19. The van der Waals surface area contributed by atoms with Crippen molar-refractivity contribution in [2.24, 2.45) is 5.41 Å². The number of benzene rings is 1. The normalized spacial score (nSPS) is 13.3. The third kappa shape index (κ3) is 5.40. The van der Waals surface area contributed by atoms with Crippen LogP contribution in [-0.2, 0) is 4.79 Å². The van der Waals surface area contributed by atoms with Gasteiger partial charge in [0.2, 0.25) is 0 Å².